The van der Waals surface area contributed by atoms with Crippen LogP contribution in [0.1, 0.15) is 6.42 Å². The van der Waals surface area contributed by atoms with Crippen molar-refractivity contribution in [1.29, 1.82) is 0 Å². The molecule has 1 aliphatic rings. The van der Waals surface area contributed by atoms with Gasteiger partial charge in [-0.2, -0.15) is 0 Å². The molecule has 6 nitrogen and oxygen atoms in total. The molecule has 1 aliphatic heterocycles. The van der Waals surface area contributed by atoms with E-state index < -0.39 is 4.92 Å². The highest BCUT2D eigenvalue weighted by molar-refractivity contribution is 6.30. The van der Waals surface area contributed by atoms with Crippen molar-refractivity contribution in [3.8, 4) is 11.5 Å². The third kappa shape index (κ3) is 3.54. The van der Waals surface area contributed by atoms with E-state index in [2.05, 4.69) is 4.90 Å². The zero-order chi connectivity index (χ0) is 17.1. The molecular formula is C17H17ClN2O4. The van der Waals surface area contributed by atoms with Crippen molar-refractivity contribution in [2.24, 2.45) is 0 Å². The highest BCUT2D eigenvalue weighted by Crippen LogP contribution is 2.33. The zero-order valence-electron chi connectivity index (χ0n) is 13.1. The summed E-state index contributed by atoms with van der Waals surface area (Å²) in [6, 6.07) is 12.2. The van der Waals surface area contributed by atoms with Crippen LogP contribution in [0.15, 0.2) is 42.5 Å². The normalized spacial score (nSPS) is 16.9. The van der Waals surface area contributed by atoms with Crippen LogP contribution in [0.2, 0.25) is 5.02 Å². The van der Waals surface area contributed by atoms with Gasteiger partial charge in [0.2, 0.25) is 0 Å². The molecule has 1 unspecified atom stereocenters. The molecular weight excluding hydrogens is 332 g/mol. The van der Waals surface area contributed by atoms with Crippen LogP contribution in [0.4, 0.5) is 11.4 Å². The van der Waals surface area contributed by atoms with E-state index >= 15 is 0 Å². The average Bonchev–Trinajstić information content (AvgIpc) is 3.02. The standard InChI is InChI=1S/C17H17ClN2O4/c1-23-17-10-13(5-6-16(17)20(21)22)19-8-7-15(11-19)24-14-4-2-3-12(18)9-14/h2-6,9-10,15H,7-8,11H2,1H3. The van der Waals surface area contributed by atoms with E-state index in [1.54, 1.807) is 24.3 Å². The van der Waals surface area contributed by atoms with E-state index in [1.165, 1.54) is 13.2 Å². The number of nitro benzene ring substituents is 1. The molecule has 1 fully saturated rings. The summed E-state index contributed by atoms with van der Waals surface area (Å²) in [5, 5.41) is 11.6. The summed E-state index contributed by atoms with van der Waals surface area (Å²) in [5.74, 6) is 1.01. The highest BCUT2D eigenvalue weighted by Gasteiger charge is 2.26. The fourth-order valence-corrected chi connectivity index (χ4v) is 2.99. The fraction of sp³-hybridized carbons (Fsp3) is 0.294. The molecule has 24 heavy (non-hydrogen) atoms. The van der Waals surface area contributed by atoms with Crippen molar-refractivity contribution in [2.75, 3.05) is 25.1 Å². The Morgan fingerprint density at radius 1 is 1.29 bits per heavy atom. The van der Waals surface area contributed by atoms with Crippen molar-refractivity contribution in [3.63, 3.8) is 0 Å². The summed E-state index contributed by atoms with van der Waals surface area (Å²) >= 11 is 5.97. The lowest BCUT2D eigenvalue weighted by Crippen LogP contribution is -2.24. The van der Waals surface area contributed by atoms with E-state index in [0.717, 1.165) is 24.4 Å². The Morgan fingerprint density at radius 2 is 2.12 bits per heavy atom. The van der Waals surface area contributed by atoms with Gasteiger partial charge in [-0.1, -0.05) is 17.7 Å². The van der Waals surface area contributed by atoms with Crippen molar-refractivity contribution in [3.05, 3.63) is 57.6 Å². The molecule has 1 saturated heterocycles. The molecule has 0 aliphatic carbocycles. The molecule has 0 amide bonds. The van der Waals surface area contributed by atoms with Gasteiger partial charge in [0.25, 0.3) is 0 Å². The molecule has 0 N–H and O–H groups in total. The summed E-state index contributed by atoms with van der Waals surface area (Å²) < 4.78 is 11.1. The lowest BCUT2D eigenvalue weighted by Gasteiger charge is -2.19. The molecule has 7 heteroatoms. The van der Waals surface area contributed by atoms with Crippen LogP contribution >= 0.6 is 11.6 Å². The van der Waals surface area contributed by atoms with Gasteiger partial charge in [0, 0.05) is 35.8 Å². The first-order chi connectivity index (χ1) is 11.6. The summed E-state index contributed by atoms with van der Waals surface area (Å²) in [5.41, 5.74) is 0.849. The summed E-state index contributed by atoms with van der Waals surface area (Å²) in [7, 11) is 1.43. The molecule has 0 radical (unpaired) electrons. The molecule has 126 valence electrons. The van der Waals surface area contributed by atoms with Crippen molar-refractivity contribution >= 4 is 23.0 Å². The molecule has 3 rings (SSSR count). The topological polar surface area (TPSA) is 64.8 Å². The van der Waals surface area contributed by atoms with Crippen LogP contribution in [0.3, 0.4) is 0 Å². The van der Waals surface area contributed by atoms with Gasteiger partial charge in [-0.3, -0.25) is 10.1 Å². The number of methoxy groups -OCH3 is 1. The highest BCUT2D eigenvalue weighted by atomic mass is 35.5. The summed E-state index contributed by atoms with van der Waals surface area (Å²) in [6.07, 6.45) is 0.913. The van der Waals surface area contributed by atoms with Gasteiger partial charge < -0.3 is 14.4 Å². The maximum absolute atomic E-state index is 11.0. The Hall–Kier alpha value is -2.47. The van der Waals surface area contributed by atoms with Crippen LogP contribution < -0.4 is 14.4 Å². The minimum atomic E-state index is -0.447. The van der Waals surface area contributed by atoms with Gasteiger partial charge in [0.05, 0.1) is 18.6 Å². The number of hydrogen-bond donors (Lipinski definition) is 0. The van der Waals surface area contributed by atoms with Crippen LogP contribution in [0.25, 0.3) is 0 Å². The van der Waals surface area contributed by atoms with Gasteiger partial charge in [0.1, 0.15) is 11.9 Å². The molecule has 0 spiro atoms. The minimum Gasteiger partial charge on any atom is -0.490 e. The first-order valence-electron chi connectivity index (χ1n) is 7.56. The van der Waals surface area contributed by atoms with Crippen LogP contribution in [-0.4, -0.2) is 31.2 Å². The molecule has 1 atom stereocenters. The SMILES string of the molecule is COc1cc(N2CCC(Oc3cccc(Cl)c3)C2)ccc1[N+](=O)[O-]. The molecule has 2 aromatic carbocycles. The number of benzene rings is 2. The van der Waals surface area contributed by atoms with Gasteiger partial charge in [0.15, 0.2) is 5.75 Å². The second-order valence-corrected chi connectivity index (χ2v) is 5.98. The second-order valence-electron chi connectivity index (χ2n) is 5.55. The number of rotatable bonds is 5. The first-order valence-corrected chi connectivity index (χ1v) is 7.94. The zero-order valence-corrected chi connectivity index (χ0v) is 13.9. The van der Waals surface area contributed by atoms with Crippen LogP contribution in [-0.2, 0) is 0 Å². The van der Waals surface area contributed by atoms with E-state index in [-0.39, 0.29) is 17.5 Å². The molecule has 0 aromatic heterocycles. The van der Waals surface area contributed by atoms with Gasteiger partial charge in [-0.15, -0.1) is 0 Å². The van der Waals surface area contributed by atoms with Gasteiger partial charge in [-0.05, 0) is 24.3 Å². The van der Waals surface area contributed by atoms with E-state index in [9.17, 15) is 10.1 Å². The molecule has 1 heterocycles. The monoisotopic (exact) mass is 348 g/mol. The lowest BCUT2D eigenvalue weighted by atomic mass is 10.2. The van der Waals surface area contributed by atoms with E-state index in [0.29, 0.717) is 11.6 Å². The van der Waals surface area contributed by atoms with Crippen molar-refractivity contribution < 1.29 is 14.4 Å². The number of anilines is 1. The maximum atomic E-state index is 11.0. The van der Waals surface area contributed by atoms with E-state index in [1.807, 2.05) is 12.1 Å². The predicted octanol–water partition coefficient (Wildman–Crippen LogP) is 3.91. The average molecular weight is 349 g/mol. The number of nitro groups is 1. The Morgan fingerprint density at radius 3 is 2.83 bits per heavy atom. The second kappa shape index (κ2) is 6.97. The summed E-state index contributed by atoms with van der Waals surface area (Å²) in [4.78, 5) is 12.7. The van der Waals surface area contributed by atoms with E-state index in [4.69, 9.17) is 21.1 Å². The Bertz CT molecular complexity index is 753. The maximum Gasteiger partial charge on any atom is 0.311 e. The summed E-state index contributed by atoms with van der Waals surface area (Å²) in [6.45, 7) is 1.51. The molecule has 2 aromatic rings. The molecule has 0 saturated carbocycles. The van der Waals surface area contributed by atoms with Crippen molar-refractivity contribution in [2.45, 2.75) is 12.5 Å². The Balaban J connectivity index is 1.70. The third-order valence-electron chi connectivity index (χ3n) is 3.97. The predicted molar refractivity (Wildman–Crippen MR) is 92.3 cm³/mol. The Labute approximate surface area is 144 Å². The van der Waals surface area contributed by atoms with Crippen LogP contribution in [0.5, 0.6) is 11.5 Å². The number of hydrogen-bond acceptors (Lipinski definition) is 5. The van der Waals surface area contributed by atoms with Crippen molar-refractivity contribution in [1.82, 2.24) is 0 Å². The smallest absolute Gasteiger partial charge is 0.311 e. The molecule has 0 bridgehead atoms. The number of halogens is 1. The number of ether oxygens (including phenoxy) is 2. The first kappa shape index (κ1) is 16.4. The van der Waals surface area contributed by atoms with Gasteiger partial charge in [-0.25, -0.2) is 0 Å². The number of nitrogens with zero attached hydrogens (tertiary/aromatic N) is 2. The van der Waals surface area contributed by atoms with Crippen LogP contribution in [0, 0.1) is 10.1 Å². The fourth-order valence-electron chi connectivity index (χ4n) is 2.81. The third-order valence-corrected chi connectivity index (χ3v) is 4.20. The lowest BCUT2D eigenvalue weighted by molar-refractivity contribution is -0.385. The Kier molecular flexibility index (Phi) is 4.76. The largest absolute Gasteiger partial charge is 0.490 e. The minimum absolute atomic E-state index is 0.0350. The van der Waals surface area contributed by atoms with Gasteiger partial charge >= 0.3 is 5.69 Å². The quantitative estimate of drug-likeness (QED) is 0.605.